The Bertz CT molecular complexity index is 1000. The van der Waals surface area contributed by atoms with Crippen LogP contribution in [0, 0.1) is 0 Å². The lowest BCUT2D eigenvalue weighted by molar-refractivity contribution is -0.0563. The van der Waals surface area contributed by atoms with Crippen LogP contribution in [-0.4, -0.2) is 43.5 Å². The highest BCUT2D eigenvalue weighted by atomic mass is 19.4. The summed E-state index contributed by atoms with van der Waals surface area (Å²) in [5.41, 5.74) is 3.42. The number of fused-ring (bicyclic) bond motifs is 1. The molecule has 0 saturated carbocycles. The Morgan fingerprint density at radius 3 is 2.72 bits per heavy atom. The van der Waals surface area contributed by atoms with E-state index in [4.69, 9.17) is 4.74 Å². The molecule has 0 aliphatic carbocycles. The van der Waals surface area contributed by atoms with Crippen LogP contribution < -0.4 is 15.1 Å². The highest BCUT2D eigenvalue weighted by molar-refractivity contribution is 6.12. The van der Waals surface area contributed by atoms with E-state index < -0.39 is 12.0 Å². The molecule has 0 unspecified atom stereocenters. The van der Waals surface area contributed by atoms with E-state index in [0.717, 1.165) is 41.3 Å². The number of rotatable bonds is 4. The Morgan fingerprint density at radius 1 is 1.24 bits per heavy atom. The molecule has 2 aromatic carbocycles. The monoisotopic (exact) mass is 404 g/mol. The molecule has 1 N–H and O–H groups in total. The first kappa shape index (κ1) is 19.3. The number of carbonyl (C=O) groups excluding carboxylic acids is 1. The number of benzene rings is 2. The van der Waals surface area contributed by atoms with Gasteiger partial charge in [0.25, 0.3) is 11.7 Å². The molecule has 2 aromatic rings. The second kappa shape index (κ2) is 7.07. The van der Waals surface area contributed by atoms with Gasteiger partial charge in [0.15, 0.2) is 0 Å². The van der Waals surface area contributed by atoms with Crippen molar-refractivity contribution in [3.8, 4) is 5.75 Å². The SMILES string of the molecule is COc1cc(N2N=C2C(F)(F)F)ccc1C(=O)Nc1cccc2c1CCN(C)C2. The number of hydrazone groups is 1. The summed E-state index contributed by atoms with van der Waals surface area (Å²) in [4.78, 5) is 15.0. The fraction of sp³-hybridized carbons (Fsp3) is 0.300. The molecule has 2 aliphatic rings. The maximum Gasteiger partial charge on any atom is 0.453 e. The first-order valence-electron chi connectivity index (χ1n) is 9.02. The molecule has 1 amide bonds. The predicted octanol–water partition coefficient (Wildman–Crippen LogP) is 3.63. The van der Waals surface area contributed by atoms with Gasteiger partial charge in [-0.1, -0.05) is 12.1 Å². The van der Waals surface area contributed by atoms with Crippen molar-refractivity contribution >= 4 is 23.1 Å². The van der Waals surface area contributed by atoms with Gasteiger partial charge in [-0.25, -0.2) is 5.01 Å². The minimum absolute atomic E-state index is 0.174. The number of anilines is 2. The molecule has 29 heavy (non-hydrogen) atoms. The topological polar surface area (TPSA) is 56.9 Å². The van der Waals surface area contributed by atoms with Gasteiger partial charge >= 0.3 is 6.18 Å². The number of amidine groups is 1. The Balaban J connectivity index is 1.55. The summed E-state index contributed by atoms with van der Waals surface area (Å²) in [6.07, 6.45) is -3.69. The number of ether oxygens (including phenoxy) is 1. The largest absolute Gasteiger partial charge is 0.496 e. The van der Waals surface area contributed by atoms with Crippen LogP contribution in [0.2, 0.25) is 0 Å². The molecule has 0 aromatic heterocycles. The van der Waals surface area contributed by atoms with Gasteiger partial charge < -0.3 is 15.0 Å². The van der Waals surface area contributed by atoms with Gasteiger partial charge in [-0.3, -0.25) is 4.79 Å². The summed E-state index contributed by atoms with van der Waals surface area (Å²) in [5, 5.41) is 7.02. The Morgan fingerprint density at radius 2 is 2.03 bits per heavy atom. The van der Waals surface area contributed by atoms with Crippen molar-refractivity contribution in [3.05, 3.63) is 53.1 Å². The number of amides is 1. The first-order valence-corrected chi connectivity index (χ1v) is 9.02. The number of alkyl halides is 3. The lowest BCUT2D eigenvalue weighted by atomic mass is 9.98. The molecule has 2 heterocycles. The number of nitrogens with one attached hydrogen (secondary N) is 1. The third kappa shape index (κ3) is 3.77. The van der Waals surface area contributed by atoms with Crippen molar-refractivity contribution in [1.29, 1.82) is 0 Å². The Kier molecular flexibility index (Phi) is 4.70. The third-order valence-corrected chi connectivity index (χ3v) is 4.99. The zero-order chi connectivity index (χ0) is 20.8. The van der Waals surface area contributed by atoms with Gasteiger partial charge in [-0.05, 0) is 42.8 Å². The number of hydrogen-bond donors (Lipinski definition) is 1. The Labute approximate surface area is 165 Å². The molecule has 0 atom stereocenters. The van der Waals surface area contributed by atoms with Crippen LogP contribution in [-0.2, 0) is 13.0 Å². The summed E-state index contributed by atoms with van der Waals surface area (Å²) in [6, 6.07) is 10.0. The molecule has 152 valence electrons. The van der Waals surface area contributed by atoms with Crippen LogP contribution in [0.5, 0.6) is 5.75 Å². The molecule has 2 aliphatic heterocycles. The van der Waals surface area contributed by atoms with Gasteiger partial charge in [-0.15, -0.1) is 5.10 Å². The van der Waals surface area contributed by atoms with E-state index >= 15 is 0 Å². The molecule has 0 radical (unpaired) electrons. The number of halogens is 3. The van der Waals surface area contributed by atoms with Crippen molar-refractivity contribution < 1.29 is 22.7 Å². The molecule has 4 rings (SSSR count). The standard InChI is InChI=1S/C20H19F3N4O2/c1-26-9-8-14-12(11-26)4-3-5-16(14)24-18(28)15-7-6-13(10-17(15)29-2)27-19(25-27)20(21,22)23/h3-7,10H,8-9,11H2,1-2H3,(H,24,28). The third-order valence-electron chi connectivity index (χ3n) is 4.99. The number of carbonyl (C=O) groups is 1. The lowest BCUT2D eigenvalue weighted by Gasteiger charge is -2.26. The van der Waals surface area contributed by atoms with Gasteiger partial charge in [0.05, 0.1) is 18.4 Å². The van der Waals surface area contributed by atoms with Crippen LogP contribution in [0.25, 0.3) is 0 Å². The minimum Gasteiger partial charge on any atom is -0.496 e. The molecule has 9 heteroatoms. The van der Waals surface area contributed by atoms with Gasteiger partial charge in [0, 0.05) is 24.8 Å². The van der Waals surface area contributed by atoms with Crippen LogP contribution in [0.1, 0.15) is 21.5 Å². The zero-order valence-corrected chi connectivity index (χ0v) is 15.9. The molecule has 0 saturated heterocycles. The maximum atomic E-state index is 12.8. The van der Waals surface area contributed by atoms with E-state index in [9.17, 15) is 18.0 Å². The molecule has 0 bridgehead atoms. The second-order valence-electron chi connectivity index (χ2n) is 7.00. The smallest absolute Gasteiger partial charge is 0.453 e. The average Bonchev–Trinajstić information content (AvgIpc) is 3.48. The normalized spacial score (nSPS) is 16.2. The first-order chi connectivity index (χ1) is 13.8. The molecule has 0 spiro atoms. The van der Waals surface area contributed by atoms with Crippen molar-refractivity contribution in [1.82, 2.24) is 4.90 Å². The fourth-order valence-electron chi connectivity index (χ4n) is 3.49. The van der Waals surface area contributed by atoms with Crippen molar-refractivity contribution in [2.24, 2.45) is 5.10 Å². The average molecular weight is 404 g/mol. The Hall–Kier alpha value is -3.07. The van der Waals surface area contributed by atoms with Gasteiger partial charge in [0.1, 0.15) is 5.75 Å². The number of likely N-dealkylation sites (N-methyl/N-ethyl adjacent to an activating group) is 1. The summed E-state index contributed by atoms with van der Waals surface area (Å²) in [5.74, 6) is -1.19. The number of methoxy groups -OCH3 is 1. The maximum absolute atomic E-state index is 12.8. The predicted molar refractivity (Wildman–Crippen MR) is 103 cm³/mol. The van der Waals surface area contributed by atoms with Crippen molar-refractivity contribution in [2.45, 2.75) is 19.1 Å². The zero-order valence-electron chi connectivity index (χ0n) is 15.9. The quantitative estimate of drug-likeness (QED) is 0.846. The van der Waals surface area contributed by atoms with E-state index in [1.807, 2.05) is 25.2 Å². The van der Waals surface area contributed by atoms with Crippen LogP contribution in [0.3, 0.4) is 0 Å². The van der Waals surface area contributed by atoms with Crippen LogP contribution in [0.15, 0.2) is 41.5 Å². The van der Waals surface area contributed by atoms with E-state index in [1.165, 1.54) is 25.3 Å². The number of nitrogens with zero attached hydrogens (tertiary/aromatic N) is 3. The van der Waals surface area contributed by atoms with Crippen molar-refractivity contribution in [3.63, 3.8) is 0 Å². The minimum atomic E-state index is -4.51. The van der Waals surface area contributed by atoms with Gasteiger partial charge in [-0.2, -0.15) is 13.2 Å². The second-order valence-corrected chi connectivity index (χ2v) is 7.00. The van der Waals surface area contributed by atoms with Gasteiger partial charge in [0.2, 0.25) is 0 Å². The molecular weight excluding hydrogens is 385 g/mol. The molecular formula is C20H19F3N4O2. The highest BCUT2D eigenvalue weighted by Gasteiger charge is 2.49. The van der Waals surface area contributed by atoms with Crippen molar-refractivity contribution in [2.75, 3.05) is 31.0 Å². The summed E-state index contributed by atoms with van der Waals surface area (Å²) in [7, 11) is 3.41. The lowest BCUT2D eigenvalue weighted by Crippen LogP contribution is -2.27. The number of hydrogen-bond acceptors (Lipinski definition) is 5. The van der Waals surface area contributed by atoms with E-state index in [2.05, 4.69) is 15.3 Å². The molecule has 0 fully saturated rings. The summed E-state index contributed by atoms with van der Waals surface area (Å²) < 4.78 is 43.3. The van der Waals surface area contributed by atoms with E-state index in [0.29, 0.717) is 0 Å². The highest BCUT2D eigenvalue weighted by Crippen LogP contribution is 2.36. The van der Waals surface area contributed by atoms with Crippen LogP contribution >= 0.6 is 0 Å². The van der Waals surface area contributed by atoms with E-state index in [1.54, 1.807) is 0 Å². The molecule has 6 nitrogen and oxygen atoms in total. The fourth-order valence-corrected chi connectivity index (χ4v) is 3.49. The van der Waals surface area contributed by atoms with E-state index in [-0.39, 0.29) is 22.9 Å². The summed E-state index contributed by atoms with van der Waals surface area (Å²) in [6.45, 7) is 1.71. The van der Waals surface area contributed by atoms with Crippen LogP contribution in [0.4, 0.5) is 24.5 Å². The summed E-state index contributed by atoms with van der Waals surface area (Å²) >= 11 is 0.